The Kier molecular flexibility index (Phi) is 5.81. The van der Waals surface area contributed by atoms with Gasteiger partial charge in [-0.2, -0.15) is 0 Å². The highest BCUT2D eigenvalue weighted by Gasteiger charge is 2.26. The average Bonchev–Trinajstić information content (AvgIpc) is 2.27. The fourth-order valence-electron chi connectivity index (χ4n) is 2.29. The van der Waals surface area contributed by atoms with Gasteiger partial charge >= 0.3 is 5.97 Å². The van der Waals surface area contributed by atoms with Gasteiger partial charge in [0.25, 0.3) is 0 Å². The highest BCUT2D eigenvalue weighted by Crippen LogP contribution is 2.29. The molecule has 16 heavy (non-hydrogen) atoms. The zero-order valence-corrected chi connectivity index (χ0v) is 10.8. The SMILES string of the molecule is CCC1CCCCC1OC(=O)CNC(C)C. The minimum absolute atomic E-state index is 0.0981. The van der Waals surface area contributed by atoms with E-state index in [2.05, 4.69) is 12.2 Å². The molecule has 0 aromatic carbocycles. The van der Waals surface area contributed by atoms with E-state index in [1.807, 2.05) is 13.8 Å². The molecule has 0 amide bonds. The molecule has 0 bridgehead atoms. The third-order valence-corrected chi connectivity index (χ3v) is 3.30. The van der Waals surface area contributed by atoms with Crippen LogP contribution in [0.1, 0.15) is 52.9 Å². The Hall–Kier alpha value is -0.570. The van der Waals surface area contributed by atoms with Crippen molar-refractivity contribution in [3.63, 3.8) is 0 Å². The fourth-order valence-corrected chi connectivity index (χ4v) is 2.29. The van der Waals surface area contributed by atoms with Gasteiger partial charge in [0, 0.05) is 6.04 Å². The summed E-state index contributed by atoms with van der Waals surface area (Å²) < 4.78 is 5.54. The van der Waals surface area contributed by atoms with E-state index in [1.165, 1.54) is 19.3 Å². The van der Waals surface area contributed by atoms with Crippen molar-refractivity contribution in [3.8, 4) is 0 Å². The Bertz CT molecular complexity index is 216. The molecule has 0 saturated heterocycles. The standard InChI is InChI=1S/C13H25NO2/c1-4-11-7-5-6-8-12(11)16-13(15)9-14-10(2)3/h10-12,14H,4-9H2,1-3H3. The summed E-state index contributed by atoms with van der Waals surface area (Å²) in [7, 11) is 0. The first kappa shape index (κ1) is 13.5. The lowest BCUT2D eigenvalue weighted by Gasteiger charge is -2.30. The number of carbonyl (C=O) groups is 1. The predicted octanol–water partition coefficient (Wildman–Crippen LogP) is 2.50. The smallest absolute Gasteiger partial charge is 0.320 e. The highest BCUT2D eigenvalue weighted by atomic mass is 16.5. The van der Waals surface area contributed by atoms with Crippen LogP contribution in [0.4, 0.5) is 0 Å². The lowest BCUT2D eigenvalue weighted by atomic mass is 9.85. The van der Waals surface area contributed by atoms with Crippen LogP contribution in [0.2, 0.25) is 0 Å². The molecule has 3 heteroatoms. The van der Waals surface area contributed by atoms with Gasteiger partial charge in [-0.15, -0.1) is 0 Å². The van der Waals surface area contributed by atoms with Crippen molar-refractivity contribution in [2.45, 2.75) is 65.0 Å². The number of hydrogen-bond donors (Lipinski definition) is 1. The Morgan fingerprint density at radius 1 is 1.38 bits per heavy atom. The molecule has 0 spiro atoms. The van der Waals surface area contributed by atoms with E-state index in [1.54, 1.807) is 0 Å². The van der Waals surface area contributed by atoms with Crippen molar-refractivity contribution in [1.29, 1.82) is 0 Å². The third kappa shape index (κ3) is 4.52. The van der Waals surface area contributed by atoms with Crippen LogP contribution in [-0.4, -0.2) is 24.7 Å². The molecule has 1 rings (SSSR count). The first-order valence-electron chi connectivity index (χ1n) is 6.56. The van der Waals surface area contributed by atoms with Crippen molar-refractivity contribution in [3.05, 3.63) is 0 Å². The number of carbonyl (C=O) groups excluding carboxylic acids is 1. The number of esters is 1. The second-order valence-corrected chi connectivity index (χ2v) is 5.02. The summed E-state index contributed by atoms with van der Waals surface area (Å²) in [4.78, 5) is 11.6. The number of rotatable bonds is 5. The van der Waals surface area contributed by atoms with E-state index in [9.17, 15) is 4.79 Å². The summed E-state index contributed by atoms with van der Waals surface area (Å²) in [5, 5.41) is 3.09. The molecule has 0 aromatic rings. The van der Waals surface area contributed by atoms with Gasteiger partial charge in [-0.05, 0) is 31.6 Å². The number of hydrogen-bond acceptors (Lipinski definition) is 3. The van der Waals surface area contributed by atoms with E-state index in [0.717, 1.165) is 12.8 Å². The largest absolute Gasteiger partial charge is 0.461 e. The van der Waals surface area contributed by atoms with Crippen molar-refractivity contribution in [2.75, 3.05) is 6.54 Å². The number of nitrogens with one attached hydrogen (secondary N) is 1. The van der Waals surface area contributed by atoms with Gasteiger partial charge in [-0.25, -0.2) is 0 Å². The molecule has 1 aliphatic carbocycles. The van der Waals surface area contributed by atoms with Crippen molar-refractivity contribution in [2.24, 2.45) is 5.92 Å². The van der Waals surface area contributed by atoms with Crippen LogP contribution in [0, 0.1) is 5.92 Å². The normalized spacial score (nSPS) is 25.8. The molecule has 0 aromatic heterocycles. The second-order valence-electron chi connectivity index (χ2n) is 5.02. The molecule has 2 unspecified atom stereocenters. The minimum Gasteiger partial charge on any atom is -0.461 e. The van der Waals surface area contributed by atoms with Crippen LogP contribution in [0.5, 0.6) is 0 Å². The fraction of sp³-hybridized carbons (Fsp3) is 0.923. The van der Waals surface area contributed by atoms with Crippen molar-refractivity contribution in [1.82, 2.24) is 5.32 Å². The van der Waals surface area contributed by atoms with Crippen LogP contribution in [0.3, 0.4) is 0 Å². The summed E-state index contributed by atoms with van der Waals surface area (Å²) in [6.45, 7) is 6.58. The predicted molar refractivity (Wildman–Crippen MR) is 65.3 cm³/mol. The summed E-state index contributed by atoms with van der Waals surface area (Å²) in [6, 6.07) is 0.334. The molecule has 1 aliphatic rings. The molecule has 1 N–H and O–H groups in total. The average molecular weight is 227 g/mol. The van der Waals surface area contributed by atoms with E-state index < -0.39 is 0 Å². The maximum atomic E-state index is 11.6. The van der Waals surface area contributed by atoms with Gasteiger partial charge in [-0.3, -0.25) is 4.79 Å². The van der Waals surface area contributed by atoms with Gasteiger partial charge in [0.1, 0.15) is 6.10 Å². The first-order valence-corrected chi connectivity index (χ1v) is 6.56. The van der Waals surface area contributed by atoms with Crippen LogP contribution in [0.25, 0.3) is 0 Å². The third-order valence-electron chi connectivity index (χ3n) is 3.30. The maximum absolute atomic E-state index is 11.6. The van der Waals surface area contributed by atoms with Crippen molar-refractivity contribution >= 4 is 5.97 Å². The van der Waals surface area contributed by atoms with E-state index in [0.29, 0.717) is 18.5 Å². The Balaban J connectivity index is 2.30. The van der Waals surface area contributed by atoms with E-state index in [-0.39, 0.29) is 12.1 Å². The highest BCUT2D eigenvalue weighted by molar-refractivity contribution is 5.71. The molecule has 0 radical (unpaired) electrons. The van der Waals surface area contributed by atoms with Gasteiger partial charge in [0.2, 0.25) is 0 Å². The Morgan fingerprint density at radius 2 is 2.06 bits per heavy atom. The minimum atomic E-state index is -0.0981. The summed E-state index contributed by atoms with van der Waals surface area (Å²) >= 11 is 0. The Morgan fingerprint density at radius 3 is 2.69 bits per heavy atom. The maximum Gasteiger partial charge on any atom is 0.320 e. The first-order chi connectivity index (χ1) is 7.63. The molecule has 0 heterocycles. The van der Waals surface area contributed by atoms with Crippen LogP contribution >= 0.6 is 0 Å². The van der Waals surface area contributed by atoms with Gasteiger partial charge in [-0.1, -0.05) is 27.2 Å². The Labute approximate surface area is 98.9 Å². The summed E-state index contributed by atoms with van der Waals surface area (Å²) in [5.41, 5.74) is 0. The monoisotopic (exact) mass is 227 g/mol. The van der Waals surface area contributed by atoms with Crippen molar-refractivity contribution < 1.29 is 9.53 Å². The van der Waals surface area contributed by atoms with E-state index in [4.69, 9.17) is 4.74 Å². The zero-order chi connectivity index (χ0) is 12.0. The zero-order valence-electron chi connectivity index (χ0n) is 10.8. The molecule has 1 fully saturated rings. The molecular formula is C13H25NO2. The van der Waals surface area contributed by atoms with Gasteiger partial charge in [0.15, 0.2) is 0 Å². The van der Waals surface area contributed by atoms with Crippen LogP contribution in [0.15, 0.2) is 0 Å². The molecule has 3 nitrogen and oxygen atoms in total. The van der Waals surface area contributed by atoms with Gasteiger partial charge in [0.05, 0.1) is 6.54 Å². The number of ether oxygens (including phenoxy) is 1. The summed E-state index contributed by atoms with van der Waals surface area (Å²) in [6.07, 6.45) is 6.04. The topological polar surface area (TPSA) is 38.3 Å². The molecular weight excluding hydrogens is 202 g/mol. The molecule has 94 valence electrons. The van der Waals surface area contributed by atoms with E-state index >= 15 is 0 Å². The molecule has 1 saturated carbocycles. The summed E-state index contributed by atoms with van der Waals surface area (Å²) in [5.74, 6) is 0.482. The second kappa shape index (κ2) is 6.89. The van der Waals surface area contributed by atoms with Gasteiger partial charge < -0.3 is 10.1 Å². The van der Waals surface area contributed by atoms with Crippen LogP contribution in [-0.2, 0) is 9.53 Å². The van der Waals surface area contributed by atoms with Crippen LogP contribution < -0.4 is 5.32 Å². The lowest BCUT2D eigenvalue weighted by molar-refractivity contribution is -0.152. The molecule has 2 atom stereocenters. The molecule has 0 aliphatic heterocycles. The quantitative estimate of drug-likeness (QED) is 0.733. The lowest BCUT2D eigenvalue weighted by Crippen LogP contribution is -2.35.